The van der Waals surface area contributed by atoms with Crippen molar-refractivity contribution in [3.63, 3.8) is 0 Å². The molecule has 7 heteroatoms. The van der Waals surface area contributed by atoms with Crippen molar-refractivity contribution in [2.75, 3.05) is 6.61 Å². The first-order valence-electron chi connectivity index (χ1n) is 8.78. The number of fused-ring (bicyclic) bond motifs is 1. The molecule has 1 N–H and O–H groups in total. The molecular weight excluding hydrogens is 350 g/mol. The lowest BCUT2D eigenvalue weighted by Crippen LogP contribution is -2.40. The molecular formula is C19H21N3O3S. The first-order valence-corrected chi connectivity index (χ1v) is 9.60. The van der Waals surface area contributed by atoms with E-state index < -0.39 is 0 Å². The average Bonchev–Trinajstić information content (AvgIpc) is 3.36. The second-order valence-corrected chi connectivity index (χ2v) is 7.66. The molecule has 0 aliphatic carbocycles. The Hall–Kier alpha value is -2.25. The zero-order valence-electron chi connectivity index (χ0n) is 15.0. The molecule has 0 radical (unpaired) electrons. The van der Waals surface area contributed by atoms with Crippen LogP contribution in [0.5, 0.6) is 0 Å². The van der Waals surface area contributed by atoms with E-state index in [1.165, 1.54) is 11.3 Å². The van der Waals surface area contributed by atoms with Gasteiger partial charge in [0, 0.05) is 12.0 Å². The van der Waals surface area contributed by atoms with Crippen LogP contribution in [-0.4, -0.2) is 34.6 Å². The quantitative estimate of drug-likeness (QED) is 0.753. The van der Waals surface area contributed by atoms with Crippen LogP contribution in [0.1, 0.15) is 40.7 Å². The smallest absolute Gasteiger partial charge is 0.262 e. The molecule has 0 saturated carbocycles. The standard InChI is InChI=1S/C19H21N3O3S/c1-10-15-12(3)20-17(14-7-5-9-25-14)22-19(15)26-16(10)18(23)21-11(2)13-6-4-8-24-13/h5,7,9,11,13H,4,6,8H2,1-3H3,(H,21,23). The van der Waals surface area contributed by atoms with Crippen LogP contribution in [0.4, 0.5) is 0 Å². The third-order valence-electron chi connectivity index (χ3n) is 4.80. The van der Waals surface area contributed by atoms with Crippen LogP contribution in [0.3, 0.4) is 0 Å². The van der Waals surface area contributed by atoms with Gasteiger partial charge in [-0.25, -0.2) is 9.97 Å². The number of nitrogens with zero attached hydrogens (tertiary/aromatic N) is 2. The minimum absolute atomic E-state index is 0.0135. The lowest BCUT2D eigenvalue weighted by molar-refractivity contribution is 0.0714. The first-order chi connectivity index (χ1) is 12.5. The minimum atomic E-state index is -0.0764. The normalized spacial score (nSPS) is 18.3. The van der Waals surface area contributed by atoms with Crippen molar-refractivity contribution in [3.8, 4) is 11.6 Å². The monoisotopic (exact) mass is 371 g/mol. The van der Waals surface area contributed by atoms with Gasteiger partial charge in [0.05, 0.1) is 29.0 Å². The summed E-state index contributed by atoms with van der Waals surface area (Å²) in [6.07, 6.45) is 3.74. The molecule has 3 aromatic heterocycles. The van der Waals surface area contributed by atoms with Crippen LogP contribution >= 0.6 is 11.3 Å². The van der Waals surface area contributed by atoms with Crippen LogP contribution in [0.15, 0.2) is 22.8 Å². The van der Waals surface area contributed by atoms with E-state index in [-0.39, 0.29) is 18.1 Å². The number of thiophene rings is 1. The highest BCUT2D eigenvalue weighted by molar-refractivity contribution is 7.20. The molecule has 1 saturated heterocycles. The van der Waals surface area contributed by atoms with Gasteiger partial charge in [0.2, 0.25) is 0 Å². The molecule has 4 heterocycles. The molecule has 2 atom stereocenters. The van der Waals surface area contributed by atoms with Crippen molar-refractivity contribution >= 4 is 27.5 Å². The average molecular weight is 371 g/mol. The highest BCUT2D eigenvalue weighted by Gasteiger charge is 2.26. The van der Waals surface area contributed by atoms with Gasteiger partial charge in [-0.15, -0.1) is 11.3 Å². The summed E-state index contributed by atoms with van der Waals surface area (Å²) in [6.45, 7) is 6.66. The maximum atomic E-state index is 12.8. The number of ether oxygens (including phenoxy) is 1. The van der Waals surface area contributed by atoms with Gasteiger partial charge in [-0.05, 0) is 51.3 Å². The third kappa shape index (κ3) is 3.01. The first kappa shape index (κ1) is 17.2. The van der Waals surface area contributed by atoms with Gasteiger partial charge >= 0.3 is 0 Å². The SMILES string of the molecule is Cc1nc(-c2ccco2)nc2sc(C(=O)NC(C)C3CCCO3)c(C)c12. The van der Waals surface area contributed by atoms with Gasteiger partial charge in [-0.3, -0.25) is 4.79 Å². The molecule has 0 bridgehead atoms. The van der Waals surface area contributed by atoms with Gasteiger partial charge in [0.25, 0.3) is 5.91 Å². The van der Waals surface area contributed by atoms with Crippen molar-refractivity contribution in [1.82, 2.24) is 15.3 Å². The van der Waals surface area contributed by atoms with Crippen LogP contribution in [0.2, 0.25) is 0 Å². The number of furan rings is 1. The number of carbonyl (C=O) groups is 1. The van der Waals surface area contributed by atoms with Gasteiger partial charge in [-0.2, -0.15) is 0 Å². The van der Waals surface area contributed by atoms with E-state index in [4.69, 9.17) is 9.15 Å². The topological polar surface area (TPSA) is 77.2 Å². The predicted octanol–water partition coefficient (Wildman–Crippen LogP) is 3.87. The lowest BCUT2D eigenvalue weighted by atomic mass is 10.1. The molecule has 1 amide bonds. The van der Waals surface area contributed by atoms with Gasteiger partial charge < -0.3 is 14.5 Å². The molecule has 6 nitrogen and oxygen atoms in total. The van der Waals surface area contributed by atoms with Crippen molar-refractivity contribution < 1.29 is 13.9 Å². The fourth-order valence-electron chi connectivity index (χ4n) is 3.43. The largest absolute Gasteiger partial charge is 0.461 e. The summed E-state index contributed by atoms with van der Waals surface area (Å²) in [5.41, 5.74) is 1.77. The molecule has 1 aliphatic heterocycles. The number of rotatable bonds is 4. The second kappa shape index (κ2) is 6.81. The summed E-state index contributed by atoms with van der Waals surface area (Å²) >= 11 is 1.40. The summed E-state index contributed by atoms with van der Waals surface area (Å²) in [7, 11) is 0. The van der Waals surface area contributed by atoms with E-state index in [0.717, 1.165) is 40.9 Å². The van der Waals surface area contributed by atoms with E-state index in [1.807, 2.05) is 32.9 Å². The highest BCUT2D eigenvalue weighted by Crippen LogP contribution is 2.33. The van der Waals surface area contributed by atoms with Crippen LogP contribution in [-0.2, 0) is 4.74 Å². The second-order valence-electron chi connectivity index (χ2n) is 6.66. The summed E-state index contributed by atoms with van der Waals surface area (Å²) in [5, 5.41) is 4.03. The van der Waals surface area contributed by atoms with Gasteiger partial charge in [0.1, 0.15) is 4.83 Å². The molecule has 26 heavy (non-hydrogen) atoms. The Morgan fingerprint density at radius 1 is 1.38 bits per heavy atom. The Morgan fingerprint density at radius 2 is 2.23 bits per heavy atom. The van der Waals surface area contributed by atoms with E-state index in [9.17, 15) is 4.79 Å². The highest BCUT2D eigenvalue weighted by atomic mass is 32.1. The van der Waals surface area contributed by atoms with Crippen LogP contribution < -0.4 is 5.32 Å². The number of hydrogen-bond acceptors (Lipinski definition) is 6. The molecule has 3 aromatic rings. The molecule has 136 valence electrons. The summed E-state index contributed by atoms with van der Waals surface area (Å²) in [4.78, 5) is 23.4. The lowest BCUT2D eigenvalue weighted by Gasteiger charge is -2.19. The summed E-state index contributed by atoms with van der Waals surface area (Å²) in [5.74, 6) is 1.09. The summed E-state index contributed by atoms with van der Waals surface area (Å²) < 4.78 is 11.1. The van der Waals surface area contributed by atoms with Crippen molar-refractivity contribution in [2.24, 2.45) is 0 Å². The zero-order valence-corrected chi connectivity index (χ0v) is 15.9. The molecule has 0 spiro atoms. The Bertz CT molecular complexity index is 943. The molecule has 1 fully saturated rings. The molecule has 4 rings (SSSR count). The van der Waals surface area contributed by atoms with Crippen molar-refractivity contribution in [2.45, 2.75) is 45.8 Å². The zero-order chi connectivity index (χ0) is 18.3. The summed E-state index contributed by atoms with van der Waals surface area (Å²) in [6, 6.07) is 3.63. The number of nitrogens with one attached hydrogen (secondary N) is 1. The number of amides is 1. The minimum Gasteiger partial charge on any atom is -0.461 e. The maximum absolute atomic E-state index is 12.8. The number of aryl methyl sites for hydroxylation is 2. The van der Waals surface area contributed by atoms with Crippen molar-refractivity contribution in [3.05, 3.63) is 34.5 Å². The fourth-order valence-corrected chi connectivity index (χ4v) is 4.57. The molecule has 2 unspecified atom stereocenters. The van der Waals surface area contributed by atoms with E-state index in [1.54, 1.807) is 6.26 Å². The third-order valence-corrected chi connectivity index (χ3v) is 5.98. The maximum Gasteiger partial charge on any atom is 0.262 e. The van der Waals surface area contributed by atoms with Gasteiger partial charge in [-0.1, -0.05) is 0 Å². The number of carbonyl (C=O) groups excluding carboxylic acids is 1. The predicted molar refractivity (Wildman–Crippen MR) is 100 cm³/mol. The van der Waals surface area contributed by atoms with E-state index in [2.05, 4.69) is 15.3 Å². The molecule has 1 aliphatic rings. The van der Waals surface area contributed by atoms with E-state index >= 15 is 0 Å². The molecule has 0 aromatic carbocycles. The Labute approximate surface area is 155 Å². The van der Waals surface area contributed by atoms with E-state index in [0.29, 0.717) is 16.5 Å². The fraction of sp³-hybridized carbons (Fsp3) is 0.421. The Balaban J connectivity index is 1.66. The van der Waals surface area contributed by atoms with Gasteiger partial charge in [0.15, 0.2) is 11.6 Å². The number of aromatic nitrogens is 2. The van der Waals surface area contributed by atoms with Crippen molar-refractivity contribution in [1.29, 1.82) is 0 Å². The Kier molecular flexibility index (Phi) is 4.50. The Morgan fingerprint density at radius 3 is 2.92 bits per heavy atom. The van der Waals surface area contributed by atoms with Crippen LogP contribution in [0, 0.1) is 13.8 Å². The number of hydrogen-bond donors (Lipinski definition) is 1. The van der Waals surface area contributed by atoms with Crippen LogP contribution in [0.25, 0.3) is 21.8 Å².